The summed E-state index contributed by atoms with van der Waals surface area (Å²) in [6, 6.07) is 13.8. The molecular formula is C21H20FN5O2. The van der Waals surface area contributed by atoms with Gasteiger partial charge in [-0.25, -0.2) is 9.07 Å². The SMILES string of the molecule is O=C(c1ccc(-c2ccccc2)c(F)c1)C1CCCN(C(=O)Cn2cnnn2)C1. The minimum atomic E-state index is -0.426. The summed E-state index contributed by atoms with van der Waals surface area (Å²) in [4.78, 5) is 27.1. The third-order valence-electron chi connectivity index (χ3n) is 5.17. The average molecular weight is 393 g/mol. The van der Waals surface area contributed by atoms with E-state index in [0.29, 0.717) is 30.6 Å². The Morgan fingerprint density at radius 2 is 1.97 bits per heavy atom. The maximum atomic E-state index is 14.6. The lowest BCUT2D eigenvalue weighted by Gasteiger charge is -2.32. The fourth-order valence-corrected chi connectivity index (χ4v) is 3.66. The van der Waals surface area contributed by atoms with E-state index in [4.69, 9.17) is 0 Å². The van der Waals surface area contributed by atoms with Crippen LogP contribution in [0.5, 0.6) is 0 Å². The van der Waals surface area contributed by atoms with E-state index in [1.165, 1.54) is 17.1 Å². The summed E-state index contributed by atoms with van der Waals surface area (Å²) in [7, 11) is 0. The number of carbonyl (C=O) groups is 2. The number of amides is 1. The molecule has 2 heterocycles. The van der Waals surface area contributed by atoms with Crippen LogP contribution in [0.2, 0.25) is 0 Å². The standard InChI is InChI=1S/C21H20FN5O2/c22-19-11-16(8-9-18(19)15-5-2-1-3-6-15)21(29)17-7-4-10-26(12-17)20(28)13-27-14-23-24-25-27/h1-3,5-6,8-9,11,14,17H,4,7,10,12-13H2. The van der Waals surface area contributed by atoms with Crippen molar-refractivity contribution in [1.82, 2.24) is 25.1 Å². The Bertz CT molecular complexity index is 1010. The normalized spacial score (nSPS) is 16.6. The average Bonchev–Trinajstić information content (AvgIpc) is 3.27. The molecule has 0 aliphatic carbocycles. The van der Waals surface area contributed by atoms with Crippen molar-refractivity contribution in [3.63, 3.8) is 0 Å². The smallest absolute Gasteiger partial charge is 0.244 e. The van der Waals surface area contributed by atoms with Gasteiger partial charge >= 0.3 is 0 Å². The first-order chi connectivity index (χ1) is 14.1. The first-order valence-electron chi connectivity index (χ1n) is 9.49. The molecule has 0 bridgehead atoms. The summed E-state index contributed by atoms with van der Waals surface area (Å²) in [5.41, 5.74) is 1.56. The van der Waals surface area contributed by atoms with Crippen LogP contribution in [0.15, 0.2) is 54.9 Å². The Kier molecular flexibility index (Phi) is 5.41. The Hall–Kier alpha value is -3.42. The molecule has 4 rings (SSSR count). The predicted octanol–water partition coefficient (Wildman–Crippen LogP) is 2.60. The lowest BCUT2D eigenvalue weighted by molar-refractivity contribution is -0.133. The van der Waals surface area contributed by atoms with Gasteiger partial charge in [-0.15, -0.1) is 5.10 Å². The molecular weight excluding hydrogens is 373 g/mol. The number of Topliss-reactive ketones (excluding diaryl/α,β-unsaturated/α-hetero) is 1. The molecule has 148 valence electrons. The molecule has 0 N–H and O–H groups in total. The number of tetrazole rings is 1. The molecule has 7 nitrogen and oxygen atoms in total. The minimum Gasteiger partial charge on any atom is -0.340 e. The number of halogens is 1. The van der Waals surface area contributed by atoms with Gasteiger partial charge in [-0.1, -0.05) is 42.5 Å². The van der Waals surface area contributed by atoms with Crippen molar-refractivity contribution < 1.29 is 14.0 Å². The highest BCUT2D eigenvalue weighted by molar-refractivity contribution is 5.98. The van der Waals surface area contributed by atoms with Crippen molar-refractivity contribution in [2.75, 3.05) is 13.1 Å². The first-order valence-corrected chi connectivity index (χ1v) is 9.49. The summed E-state index contributed by atoms with van der Waals surface area (Å²) in [6.07, 6.45) is 2.78. The highest BCUT2D eigenvalue weighted by Gasteiger charge is 2.29. The number of hydrogen-bond donors (Lipinski definition) is 0. The number of piperidine rings is 1. The molecule has 2 aromatic carbocycles. The molecule has 1 unspecified atom stereocenters. The van der Waals surface area contributed by atoms with E-state index in [1.807, 2.05) is 30.3 Å². The molecule has 1 aliphatic rings. The van der Waals surface area contributed by atoms with E-state index in [9.17, 15) is 14.0 Å². The molecule has 0 radical (unpaired) electrons. The van der Waals surface area contributed by atoms with Crippen molar-refractivity contribution in [3.05, 3.63) is 66.2 Å². The number of likely N-dealkylation sites (tertiary alicyclic amines) is 1. The van der Waals surface area contributed by atoms with E-state index in [0.717, 1.165) is 12.0 Å². The fraction of sp³-hybridized carbons (Fsp3) is 0.286. The molecule has 3 aromatic rings. The molecule has 8 heteroatoms. The highest BCUT2D eigenvalue weighted by atomic mass is 19.1. The third kappa shape index (κ3) is 4.21. The predicted molar refractivity (Wildman–Crippen MR) is 103 cm³/mol. The van der Waals surface area contributed by atoms with Gasteiger partial charge in [0.2, 0.25) is 5.91 Å². The minimum absolute atomic E-state index is 0.0360. The van der Waals surface area contributed by atoms with Crippen molar-refractivity contribution in [1.29, 1.82) is 0 Å². The Morgan fingerprint density at radius 3 is 2.69 bits per heavy atom. The van der Waals surface area contributed by atoms with Gasteiger partial charge in [0, 0.05) is 30.1 Å². The molecule has 1 atom stereocenters. The molecule has 0 saturated carbocycles. The Labute approximate surface area is 167 Å². The van der Waals surface area contributed by atoms with Crippen LogP contribution in [0.1, 0.15) is 23.2 Å². The number of aromatic nitrogens is 4. The molecule has 1 fully saturated rings. The van der Waals surface area contributed by atoms with Gasteiger partial charge in [0.25, 0.3) is 0 Å². The molecule has 1 aromatic heterocycles. The van der Waals surface area contributed by atoms with Crippen LogP contribution < -0.4 is 0 Å². The van der Waals surface area contributed by atoms with Crippen molar-refractivity contribution in [3.8, 4) is 11.1 Å². The maximum Gasteiger partial charge on any atom is 0.244 e. The second-order valence-electron chi connectivity index (χ2n) is 7.11. The van der Waals surface area contributed by atoms with E-state index in [1.54, 1.807) is 17.0 Å². The zero-order valence-electron chi connectivity index (χ0n) is 15.7. The molecule has 1 saturated heterocycles. The highest BCUT2D eigenvalue weighted by Crippen LogP contribution is 2.26. The van der Waals surface area contributed by atoms with Crippen molar-refractivity contribution in [2.24, 2.45) is 5.92 Å². The second-order valence-corrected chi connectivity index (χ2v) is 7.11. The third-order valence-corrected chi connectivity index (χ3v) is 5.17. The van der Waals surface area contributed by atoms with Gasteiger partial charge in [-0.3, -0.25) is 9.59 Å². The first kappa shape index (κ1) is 18.9. The maximum absolute atomic E-state index is 14.6. The van der Waals surface area contributed by atoms with Crippen LogP contribution in [0.25, 0.3) is 11.1 Å². The van der Waals surface area contributed by atoms with Gasteiger partial charge in [0.1, 0.15) is 18.7 Å². The van der Waals surface area contributed by atoms with E-state index < -0.39 is 5.82 Å². The summed E-state index contributed by atoms with van der Waals surface area (Å²) >= 11 is 0. The summed E-state index contributed by atoms with van der Waals surface area (Å²) in [5, 5.41) is 10.7. The van der Waals surface area contributed by atoms with E-state index in [2.05, 4.69) is 15.5 Å². The Balaban J connectivity index is 1.46. The van der Waals surface area contributed by atoms with Crippen LogP contribution in [-0.2, 0) is 11.3 Å². The van der Waals surface area contributed by atoms with Crippen LogP contribution >= 0.6 is 0 Å². The van der Waals surface area contributed by atoms with E-state index in [-0.39, 0.29) is 24.2 Å². The van der Waals surface area contributed by atoms with E-state index >= 15 is 0 Å². The lowest BCUT2D eigenvalue weighted by Crippen LogP contribution is -2.43. The zero-order valence-corrected chi connectivity index (χ0v) is 15.7. The summed E-state index contributed by atoms with van der Waals surface area (Å²) in [6.45, 7) is 0.947. The van der Waals surface area contributed by atoms with Gasteiger partial charge in [0.15, 0.2) is 5.78 Å². The van der Waals surface area contributed by atoms with Crippen molar-refractivity contribution >= 4 is 11.7 Å². The van der Waals surface area contributed by atoms with Gasteiger partial charge in [-0.2, -0.15) is 0 Å². The summed E-state index contributed by atoms with van der Waals surface area (Å²) in [5.74, 6) is -1.04. The number of hydrogen-bond acceptors (Lipinski definition) is 5. The number of carbonyl (C=O) groups excluding carboxylic acids is 2. The van der Waals surface area contributed by atoms with Gasteiger partial charge in [-0.05, 0) is 34.9 Å². The second kappa shape index (κ2) is 8.30. The number of rotatable bonds is 5. The Morgan fingerprint density at radius 1 is 1.14 bits per heavy atom. The molecule has 29 heavy (non-hydrogen) atoms. The van der Waals surface area contributed by atoms with Gasteiger partial charge < -0.3 is 4.90 Å². The quantitative estimate of drug-likeness (QED) is 0.623. The lowest BCUT2D eigenvalue weighted by atomic mass is 9.89. The molecule has 1 amide bonds. The number of ketones is 1. The number of nitrogens with zero attached hydrogens (tertiary/aromatic N) is 5. The number of benzene rings is 2. The molecule has 1 aliphatic heterocycles. The monoisotopic (exact) mass is 393 g/mol. The van der Waals surface area contributed by atoms with Crippen LogP contribution in [-0.4, -0.2) is 49.9 Å². The topological polar surface area (TPSA) is 81.0 Å². The summed E-state index contributed by atoms with van der Waals surface area (Å²) < 4.78 is 16.0. The van der Waals surface area contributed by atoms with Crippen molar-refractivity contribution in [2.45, 2.75) is 19.4 Å². The zero-order chi connectivity index (χ0) is 20.2. The van der Waals surface area contributed by atoms with Crippen LogP contribution in [0, 0.1) is 11.7 Å². The molecule has 0 spiro atoms. The van der Waals surface area contributed by atoms with Crippen LogP contribution in [0.4, 0.5) is 4.39 Å². The van der Waals surface area contributed by atoms with Gasteiger partial charge in [0.05, 0.1) is 0 Å². The van der Waals surface area contributed by atoms with Crippen LogP contribution in [0.3, 0.4) is 0 Å². The largest absolute Gasteiger partial charge is 0.340 e. The fourth-order valence-electron chi connectivity index (χ4n) is 3.66.